The maximum Gasteiger partial charge on any atom is 0.235 e. The van der Waals surface area contributed by atoms with Gasteiger partial charge in [-0.3, -0.25) is 4.40 Å². The third kappa shape index (κ3) is 2.55. The topological polar surface area (TPSA) is 50.4 Å². The number of benzene rings is 1. The van der Waals surface area contributed by atoms with E-state index in [1.54, 1.807) is 0 Å². The van der Waals surface area contributed by atoms with E-state index in [9.17, 15) is 5.11 Å². The maximum absolute atomic E-state index is 11.6. The molecule has 176 valence electrons. The zero-order chi connectivity index (χ0) is 23.3. The summed E-state index contributed by atoms with van der Waals surface area (Å²) in [6.45, 7) is 4.94. The summed E-state index contributed by atoms with van der Waals surface area (Å²) in [6, 6.07) is 8.36. The van der Waals surface area contributed by atoms with Crippen LogP contribution >= 0.6 is 0 Å². The van der Waals surface area contributed by atoms with Gasteiger partial charge in [-0.1, -0.05) is 26.0 Å². The minimum atomic E-state index is -0.674. The van der Waals surface area contributed by atoms with Crippen molar-refractivity contribution in [1.29, 1.82) is 0 Å². The molecular weight excluding hydrogens is 418 g/mol. The highest BCUT2D eigenvalue weighted by atomic mass is 16.3. The van der Waals surface area contributed by atoms with Crippen LogP contribution in [0.5, 0.6) is 0 Å². The van der Waals surface area contributed by atoms with Crippen LogP contribution < -0.4 is 0 Å². The summed E-state index contributed by atoms with van der Waals surface area (Å²) in [5.41, 5.74) is 4.45. The number of hydrogen-bond donors (Lipinski definition) is 1. The first-order chi connectivity index (χ1) is 16.4. The van der Waals surface area contributed by atoms with Gasteiger partial charge < -0.3 is 5.11 Å². The molecule has 4 aliphatic rings. The van der Waals surface area contributed by atoms with Crippen molar-refractivity contribution in [3.63, 3.8) is 0 Å². The molecule has 4 unspecified atom stereocenters. The number of fused-ring (bicyclic) bond motifs is 9. The molecule has 3 fully saturated rings. The van der Waals surface area contributed by atoms with Crippen molar-refractivity contribution >= 4 is 16.8 Å². The van der Waals surface area contributed by atoms with Gasteiger partial charge in [0.05, 0.1) is 16.6 Å². The van der Waals surface area contributed by atoms with E-state index in [0.29, 0.717) is 29.6 Å². The molecule has 0 spiro atoms. The normalized spacial score (nSPS) is 40.9. The predicted octanol–water partition coefficient (Wildman–Crippen LogP) is 5.59. The van der Waals surface area contributed by atoms with Crippen molar-refractivity contribution < 1.29 is 5.11 Å². The van der Waals surface area contributed by atoms with Gasteiger partial charge in [-0.05, 0) is 98.1 Å². The summed E-state index contributed by atoms with van der Waals surface area (Å²) in [7, 11) is 0. The third-order valence-electron chi connectivity index (χ3n) is 11.3. The molecule has 4 aliphatic carbocycles. The molecule has 0 aliphatic heterocycles. The minimum Gasteiger partial charge on any atom is -0.388 e. The third-order valence-corrected chi connectivity index (χ3v) is 11.3. The van der Waals surface area contributed by atoms with Crippen LogP contribution in [0.2, 0.25) is 0 Å². The Kier molecular flexibility index (Phi) is 4.22. The van der Waals surface area contributed by atoms with Crippen LogP contribution in [0.3, 0.4) is 0 Å². The second kappa shape index (κ2) is 6.85. The molecule has 3 aromatic rings. The molecule has 34 heavy (non-hydrogen) atoms. The van der Waals surface area contributed by atoms with Gasteiger partial charge in [-0.2, -0.15) is 0 Å². The Balaban J connectivity index is 1.26. The molecular formula is C30H35N3O. The van der Waals surface area contributed by atoms with E-state index >= 15 is 0 Å². The van der Waals surface area contributed by atoms with Crippen LogP contribution in [-0.4, -0.2) is 25.1 Å². The van der Waals surface area contributed by atoms with Crippen LogP contribution in [-0.2, 0) is 12.8 Å². The van der Waals surface area contributed by atoms with E-state index < -0.39 is 5.60 Å². The second-order valence-corrected chi connectivity index (χ2v) is 12.4. The van der Waals surface area contributed by atoms with Crippen LogP contribution in [0.4, 0.5) is 0 Å². The van der Waals surface area contributed by atoms with Crippen molar-refractivity contribution in [2.24, 2.45) is 34.5 Å². The Morgan fingerprint density at radius 1 is 1.09 bits per heavy atom. The number of terminal acetylenes is 1. The highest BCUT2D eigenvalue weighted by Gasteiger charge is 2.64. The molecule has 3 saturated carbocycles. The lowest BCUT2D eigenvalue weighted by Crippen LogP contribution is -2.57. The number of aliphatic hydroxyl groups is 1. The standard InChI is InChI=1S/C30H35N3O/c1-4-13-30(34)15-12-23-21-10-9-20-16-25-19(17-28(20,2)22(21)11-14-29(23,30)3)18-33-26-8-6-5-7-24(26)31-27(33)32-25/h1,5-8,18,20-23,34H,9-17H2,2-3H3/t20?,21?,22?,23?,28-,29-,30-/m0/s1. The SMILES string of the molecule is C#CC[C@]1(O)CCC2C3CCC4Cc5nc6nc7ccccc7n6cc5C[C@]4(C)C3CC[C@@]21C. The van der Waals surface area contributed by atoms with Gasteiger partial charge >= 0.3 is 0 Å². The Bertz CT molecular complexity index is 1350. The average Bonchev–Trinajstić information content (AvgIpc) is 3.30. The van der Waals surface area contributed by atoms with Crippen LogP contribution in [0.1, 0.15) is 70.1 Å². The van der Waals surface area contributed by atoms with Crippen molar-refractivity contribution in [3.05, 3.63) is 41.7 Å². The van der Waals surface area contributed by atoms with Gasteiger partial charge in [0.25, 0.3) is 0 Å². The molecule has 4 heteroatoms. The molecule has 2 heterocycles. The van der Waals surface area contributed by atoms with Gasteiger partial charge in [-0.15, -0.1) is 12.3 Å². The molecule has 7 atom stereocenters. The molecule has 0 saturated heterocycles. The van der Waals surface area contributed by atoms with Gasteiger partial charge in [0.2, 0.25) is 5.78 Å². The average molecular weight is 454 g/mol. The van der Waals surface area contributed by atoms with Gasteiger partial charge in [0, 0.05) is 23.7 Å². The molecule has 4 nitrogen and oxygen atoms in total. The zero-order valence-corrected chi connectivity index (χ0v) is 20.4. The molecule has 2 aromatic heterocycles. The molecule has 1 N–H and O–H groups in total. The van der Waals surface area contributed by atoms with Crippen molar-refractivity contribution in [3.8, 4) is 12.3 Å². The predicted molar refractivity (Wildman–Crippen MR) is 134 cm³/mol. The smallest absolute Gasteiger partial charge is 0.235 e. The van der Waals surface area contributed by atoms with Gasteiger partial charge in [0.15, 0.2) is 0 Å². The largest absolute Gasteiger partial charge is 0.388 e. The summed E-state index contributed by atoms with van der Waals surface area (Å²) in [6.07, 6.45) is 17.7. The van der Waals surface area contributed by atoms with E-state index in [0.717, 1.165) is 54.8 Å². The number of para-hydroxylation sites is 2. The number of aromatic nitrogens is 3. The summed E-state index contributed by atoms with van der Waals surface area (Å²) in [4.78, 5) is 9.88. The number of rotatable bonds is 1. The first kappa shape index (κ1) is 20.9. The lowest BCUT2D eigenvalue weighted by molar-refractivity contribution is -0.144. The van der Waals surface area contributed by atoms with Gasteiger partial charge in [-0.25, -0.2) is 9.97 Å². The lowest BCUT2D eigenvalue weighted by atomic mass is 9.44. The second-order valence-electron chi connectivity index (χ2n) is 12.4. The molecule has 0 bridgehead atoms. The van der Waals surface area contributed by atoms with Crippen LogP contribution in [0.25, 0.3) is 16.8 Å². The van der Waals surface area contributed by atoms with E-state index in [2.05, 4.69) is 54.6 Å². The fourth-order valence-corrected chi connectivity index (χ4v) is 9.34. The summed E-state index contributed by atoms with van der Waals surface area (Å²) < 4.78 is 2.20. The summed E-state index contributed by atoms with van der Waals surface area (Å²) in [5, 5.41) is 11.6. The van der Waals surface area contributed by atoms with E-state index in [1.165, 1.54) is 30.5 Å². The van der Waals surface area contributed by atoms with Crippen LogP contribution in [0.15, 0.2) is 30.5 Å². The van der Waals surface area contributed by atoms with Crippen LogP contribution in [0, 0.1) is 46.8 Å². The Labute approximate surface area is 202 Å². The van der Waals surface area contributed by atoms with Crippen molar-refractivity contribution in [2.75, 3.05) is 0 Å². The van der Waals surface area contributed by atoms with Crippen molar-refractivity contribution in [1.82, 2.24) is 14.4 Å². The van der Waals surface area contributed by atoms with Crippen molar-refractivity contribution in [2.45, 2.75) is 77.2 Å². The van der Waals surface area contributed by atoms with E-state index in [1.807, 2.05) is 0 Å². The monoisotopic (exact) mass is 453 g/mol. The highest BCUT2D eigenvalue weighted by Crippen LogP contribution is 2.68. The number of nitrogens with zero attached hydrogens (tertiary/aromatic N) is 3. The Morgan fingerprint density at radius 2 is 1.91 bits per heavy atom. The first-order valence-electron chi connectivity index (χ1n) is 13.3. The molecule has 0 amide bonds. The summed E-state index contributed by atoms with van der Waals surface area (Å²) in [5.74, 6) is 6.36. The Hall–Kier alpha value is -2.38. The Morgan fingerprint density at radius 3 is 2.76 bits per heavy atom. The number of imidazole rings is 1. The fraction of sp³-hybridized carbons (Fsp3) is 0.600. The highest BCUT2D eigenvalue weighted by molar-refractivity contribution is 5.79. The summed E-state index contributed by atoms with van der Waals surface area (Å²) >= 11 is 0. The van der Waals surface area contributed by atoms with E-state index in [-0.39, 0.29) is 5.41 Å². The quantitative estimate of drug-likeness (QED) is 0.488. The fourth-order valence-electron chi connectivity index (χ4n) is 9.34. The molecule has 0 radical (unpaired) electrons. The molecule has 1 aromatic carbocycles. The lowest BCUT2D eigenvalue weighted by Gasteiger charge is -2.61. The molecule has 7 rings (SSSR count). The first-order valence-corrected chi connectivity index (χ1v) is 13.3. The number of hydrogen-bond acceptors (Lipinski definition) is 3. The van der Waals surface area contributed by atoms with E-state index in [4.69, 9.17) is 16.4 Å². The minimum absolute atomic E-state index is 0.0280. The zero-order valence-electron chi connectivity index (χ0n) is 20.4. The maximum atomic E-state index is 11.6. The van der Waals surface area contributed by atoms with Gasteiger partial charge in [0.1, 0.15) is 0 Å².